The molecule has 0 radical (unpaired) electrons. The molecule has 118 valence electrons. The maximum absolute atomic E-state index is 12.2. The predicted octanol–water partition coefficient (Wildman–Crippen LogP) is 2.00. The minimum absolute atomic E-state index is 0.296. The van der Waals surface area contributed by atoms with E-state index in [2.05, 4.69) is 23.9 Å². The Morgan fingerprint density at radius 1 is 1.38 bits per heavy atom. The number of benzene rings is 1. The Morgan fingerprint density at radius 3 is 2.95 bits per heavy atom. The van der Waals surface area contributed by atoms with Crippen LogP contribution >= 0.6 is 0 Å². The molecule has 21 heavy (non-hydrogen) atoms. The van der Waals surface area contributed by atoms with Gasteiger partial charge in [0.2, 0.25) is 10.0 Å². The number of nitrogens with one attached hydrogen (secondary N) is 2. The maximum atomic E-state index is 12.2. The quantitative estimate of drug-likeness (QED) is 0.756. The molecule has 0 unspecified atom stereocenters. The van der Waals surface area contributed by atoms with Gasteiger partial charge in [-0.25, -0.2) is 13.1 Å². The minimum atomic E-state index is -3.45. The molecule has 1 aliphatic heterocycles. The van der Waals surface area contributed by atoms with Gasteiger partial charge in [0.05, 0.1) is 11.5 Å². The van der Waals surface area contributed by atoms with Crippen LogP contribution in [0, 0.1) is 5.92 Å². The summed E-state index contributed by atoms with van der Waals surface area (Å²) in [7, 11) is -3.45. The molecule has 5 nitrogen and oxygen atoms in total. The smallest absolute Gasteiger partial charge is 0.240 e. The second-order valence-corrected chi connectivity index (χ2v) is 7.48. The van der Waals surface area contributed by atoms with E-state index in [9.17, 15) is 8.42 Å². The molecule has 6 heteroatoms. The highest BCUT2D eigenvalue weighted by Gasteiger charge is 2.17. The molecule has 1 aromatic rings. The highest BCUT2D eigenvalue weighted by Crippen LogP contribution is 2.24. The molecule has 0 spiro atoms. The lowest BCUT2D eigenvalue weighted by atomic mass is 10.0. The monoisotopic (exact) mass is 312 g/mol. The first-order chi connectivity index (χ1) is 9.99. The summed E-state index contributed by atoms with van der Waals surface area (Å²) in [5, 5.41) is 3.28. The van der Waals surface area contributed by atoms with E-state index in [-0.39, 0.29) is 0 Å². The van der Waals surface area contributed by atoms with Gasteiger partial charge in [0.1, 0.15) is 0 Å². The van der Waals surface area contributed by atoms with Crippen LogP contribution in [0.25, 0.3) is 0 Å². The summed E-state index contributed by atoms with van der Waals surface area (Å²) < 4.78 is 32.4. The van der Waals surface area contributed by atoms with E-state index >= 15 is 0 Å². The van der Waals surface area contributed by atoms with Crippen molar-refractivity contribution in [2.24, 2.45) is 5.92 Å². The van der Waals surface area contributed by atoms with Crippen molar-refractivity contribution in [3.8, 4) is 0 Å². The molecular formula is C15H24N2O3S. The molecule has 0 saturated heterocycles. The topological polar surface area (TPSA) is 67.4 Å². The lowest BCUT2D eigenvalue weighted by Gasteiger charge is -2.18. The molecule has 0 amide bonds. The van der Waals surface area contributed by atoms with Gasteiger partial charge in [-0.3, -0.25) is 0 Å². The fourth-order valence-electron chi connectivity index (χ4n) is 2.27. The van der Waals surface area contributed by atoms with E-state index in [4.69, 9.17) is 4.74 Å². The Hall–Kier alpha value is -1.11. The van der Waals surface area contributed by atoms with Crippen LogP contribution in [-0.2, 0) is 21.2 Å². The molecule has 0 fully saturated rings. The maximum Gasteiger partial charge on any atom is 0.240 e. The van der Waals surface area contributed by atoms with Crippen LogP contribution in [-0.4, -0.2) is 34.7 Å². The van der Waals surface area contributed by atoms with Gasteiger partial charge >= 0.3 is 0 Å². The van der Waals surface area contributed by atoms with Crippen molar-refractivity contribution in [1.82, 2.24) is 4.72 Å². The minimum Gasteiger partial charge on any atom is -0.385 e. The van der Waals surface area contributed by atoms with Gasteiger partial charge in [0, 0.05) is 25.4 Å². The third-order valence-electron chi connectivity index (χ3n) is 3.32. The van der Waals surface area contributed by atoms with Crippen LogP contribution in [0.1, 0.15) is 25.8 Å². The summed E-state index contributed by atoms with van der Waals surface area (Å²) in [5.74, 6) is 0.453. The molecule has 0 bridgehead atoms. The first-order valence-corrected chi connectivity index (χ1v) is 8.91. The zero-order chi connectivity index (χ0) is 15.3. The Kier molecular flexibility index (Phi) is 5.61. The Labute approximate surface area is 127 Å². The lowest BCUT2D eigenvalue weighted by molar-refractivity contribution is 0.114. The van der Waals surface area contributed by atoms with Crippen molar-refractivity contribution in [2.45, 2.75) is 31.6 Å². The normalized spacial score (nSPS) is 14.8. The molecular weight excluding hydrogens is 288 g/mol. The number of rotatable bonds is 7. The van der Waals surface area contributed by atoms with E-state index in [1.807, 2.05) is 6.07 Å². The van der Waals surface area contributed by atoms with Crippen molar-refractivity contribution in [1.29, 1.82) is 0 Å². The second-order valence-electron chi connectivity index (χ2n) is 5.72. The number of anilines is 1. The predicted molar refractivity (Wildman–Crippen MR) is 84.1 cm³/mol. The Balaban J connectivity index is 1.93. The van der Waals surface area contributed by atoms with E-state index in [0.717, 1.165) is 30.6 Å². The number of sulfonamides is 1. The van der Waals surface area contributed by atoms with Crippen LogP contribution in [0.5, 0.6) is 0 Å². The average molecular weight is 312 g/mol. The van der Waals surface area contributed by atoms with Gasteiger partial charge in [-0.05, 0) is 42.5 Å². The van der Waals surface area contributed by atoms with Crippen LogP contribution in [0.3, 0.4) is 0 Å². The summed E-state index contributed by atoms with van der Waals surface area (Å²) >= 11 is 0. The molecule has 0 atom stereocenters. The van der Waals surface area contributed by atoms with Gasteiger partial charge < -0.3 is 10.1 Å². The number of hydrogen-bond acceptors (Lipinski definition) is 4. The number of aryl methyl sites for hydroxylation is 1. The zero-order valence-electron chi connectivity index (χ0n) is 12.7. The summed E-state index contributed by atoms with van der Waals surface area (Å²) in [4.78, 5) is 0.328. The summed E-state index contributed by atoms with van der Waals surface area (Å²) in [6.45, 7) is 6.40. The van der Waals surface area contributed by atoms with Crippen LogP contribution in [0.4, 0.5) is 5.69 Å². The van der Waals surface area contributed by atoms with Crippen molar-refractivity contribution < 1.29 is 13.2 Å². The van der Waals surface area contributed by atoms with E-state index in [0.29, 0.717) is 30.6 Å². The fourth-order valence-corrected chi connectivity index (χ4v) is 3.33. The van der Waals surface area contributed by atoms with Gasteiger partial charge in [-0.15, -0.1) is 0 Å². The number of hydrogen-bond donors (Lipinski definition) is 2. The fraction of sp³-hybridized carbons (Fsp3) is 0.600. The largest absolute Gasteiger partial charge is 0.385 e. The molecule has 2 rings (SSSR count). The SMILES string of the molecule is CC(C)COCCNS(=O)(=O)c1ccc2c(c1)CCCN2. The summed E-state index contributed by atoms with van der Waals surface area (Å²) in [6.07, 6.45) is 1.95. The van der Waals surface area contributed by atoms with Crippen LogP contribution in [0.15, 0.2) is 23.1 Å². The number of fused-ring (bicyclic) bond motifs is 1. The van der Waals surface area contributed by atoms with E-state index < -0.39 is 10.0 Å². The highest BCUT2D eigenvalue weighted by molar-refractivity contribution is 7.89. The van der Waals surface area contributed by atoms with Crippen molar-refractivity contribution in [3.05, 3.63) is 23.8 Å². The highest BCUT2D eigenvalue weighted by atomic mass is 32.2. The zero-order valence-corrected chi connectivity index (χ0v) is 13.5. The van der Waals surface area contributed by atoms with Crippen LogP contribution < -0.4 is 10.0 Å². The van der Waals surface area contributed by atoms with Gasteiger partial charge in [-0.2, -0.15) is 0 Å². The first-order valence-electron chi connectivity index (χ1n) is 7.43. The van der Waals surface area contributed by atoms with Crippen LogP contribution in [0.2, 0.25) is 0 Å². The molecule has 0 saturated carbocycles. The Bertz CT molecular complexity index is 570. The van der Waals surface area contributed by atoms with Crippen molar-refractivity contribution >= 4 is 15.7 Å². The Morgan fingerprint density at radius 2 is 2.19 bits per heavy atom. The van der Waals surface area contributed by atoms with Gasteiger partial charge in [0.25, 0.3) is 0 Å². The van der Waals surface area contributed by atoms with E-state index in [1.165, 1.54) is 0 Å². The molecule has 0 aliphatic carbocycles. The van der Waals surface area contributed by atoms with Gasteiger partial charge in [-0.1, -0.05) is 13.8 Å². The molecule has 1 aromatic carbocycles. The lowest BCUT2D eigenvalue weighted by Crippen LogP contribution is -2.28. The van der Waals surface area contributed by atoms with Crippen molar-refractivity contribution in [3.63, 3.8) is 0 Å². The molecule has 1 heterocycles. The molecule has 2 N–H and O–H groups in total. The standard InChI is InChI=1S/C15H24N2O3S/c1-12(2)11-20-9-8-17-21(18,19)14-5-6-15-13(10-14)4-3-7-16-15/h5-6,10,12,16-17H,3-4,7-9,11H2,1-2H3. The number of ether oxygens (including phenoxy) is 1. The molecule has 0 aromatic heterocycles. The summed E-state index contributed by atoms with van der Waals surface area (Å²) in [5.41, 5.74) is 2.11. The third kappa shape index (κ3) is 4.69. The average Bonchev–Trinajstić information content (AvgIpc) is 2.46. The second kappa shape index (κ2) is 7.24. The first kappa shape index (κ1) is 16.3. The van der Waals surface area contributed by atoms with Crippen molar-refractivity contribution in [2.75, 3.05) is 31.6 Å². The molecule has 1 aliphatic rings. The van der Waals surface area contributed by atoms with E-state index in [1.54, 1.807) is 12.1 Å². The summed E-state index contributed by atoms with van der Waals surface area (Å²) in [6, 6.07) is 5.26. The third-order valence-corrected chi connectivity index (χ3v) is 4.77. The van der Waals surface area contributed by atoms with Gasteiger partial charge in [0.15, 0.2) is 0 Å².